The van der Waals surface area contributed by atoms with Crippen LogP contribution in [0, 0.1) is 11.6 Å². The SMILES string of the molecule is CCOC(=O)c1c(=O)c2cc(F)c(Cl)nc2n2c1sc1ccccc12.NCCN1CCCC1.O=C(NCCN1CCCC1)c1c(=O)c2cc(F)c(Cl)nc2n2c1sc1ccccc12. The van der Waals surface area contributed by atoms with Crippen molar-refractivity contribution in [3.05, 3.63) is 114 Å². The number of halogens is 4. The van der Waals surface area contributed by atoms with Crippen LogP contribution in [0.1, 0.15) is 53.3 Å². The standard InChI is InChI=1S/C21H18ClFN4O2S.C17H10ClFN2O3S.C6H14N2/c22-18-13(23)11-12-17(28)16(20(29)24-7-10-26-8-3-4-9-26)21-27(19(12)25-18)14-5-1-2-6-15(14)30-21;1-2-24-17(23)12-13(22)8-7-9(19)14(18)20-15(8)21-10-5-3-4-6-11(10)25-16(12)21;7-3-6-8-4-1-2-5-8/h1-2,5-6,11H,3-4,7-10H2,(H,24,29);3-7H,2H2,1H3;1-7H2. The number of esters is 1. The van der Waals surface area contributed by atoms with Crippen LogP contribution in [0.25, 0.3) is 52.2 Å². The molecule has 0 aliphatic carbocycles. The molecule has 0 unspecified atom stereocenters. The number of pyridine rings is 4. The van der Waals surface area contributed by atoms with Gasteiger partial charge in [-0.05, 0) is 95.2 Å². The van der Waals surface area contributed by atoms with E-state index < -0.39 is 34.4 Å². The van der Waals surface area contributed by atoms with Crippen LogP contribution in [0.15, 0.2) is 70.3 Å². The van der Waals surface area contributed by atoms with Gasteiger partial charge in [-0.1, -0.05) is 47.5 Å². The van der Waals surface area contributed by atoms with Gasteiger partial charge in [-0.25, -0.2) is 23.5 Å². The van der Waals surface area contributed by atoms with Gasteiger partial charge in [0.1, 0.15) is 20.8 Å². The molecule has 0 spiro atoms. The fraction of sp³-hybridized carbons (Fsp3) is 0.318. The van der Waals surface area contributed by atoms with Crippen LogP contribution in [0.2, 0.25) is 10.3 Å². The summed E-state index contributed by atoms with van der Waals surface area (Å²) in [5.74, 6) is -2.81. The van der Waals surface area contributed by atoms with Crippen molar-refractivity contribution in [1.29, 1.82) is 0 Å². The van der Waals surface area contributed by atoms with E-state index in [1.807, 2.05) is 48.5 Å². The van der Waals surface area contributed by atoms with Crippen molar-refractivity contribution >= 4 is 110 Å². The second kappa shape index (κ2) is 19.3. The molecule has 10 rings (SSSR count). The number of carbonyl (C=O) groups is 2. The molecular formula is C44H42Cl2F2N8O5S2. The average Bonchev–Trinajstić information content (AvgIpc) is 4.11. The number of hydrogen-bond donors (Lipinski definition) is 2. The van der Waals surface area contributed by atoms with E-state index in [-0.39, 0.29) is 50.1 Å². The van der Waals surface area contributed by atoms with Crippen molar-refractivity contribution in [2.75, 3.05) is 59.0 Å². The van der Waals surface area contributed by atoms with E-state index in [4.69, 9.17) is 33.7 Å². The van der Waals surface area contributed by atoms with Crippen LogP contribution in [-0.4, -0.2) is 99.4 Å². The second-order valence-corrected chi connectivity index (χ2v) is 17.7. The molecule has 8 aromatic rings. The Morgan fingerprint density at radius 3 is 1.70 bits per heavy atom. The fourth-order valence-electron chi connectivity index (χ4n) is 7.97. The second-order valence-electron chi connectivity index (χ2n) is 15.0. The third-order valence-electron chi connectivity index (χ3n) is 10.9. The molecule has 2 aliphatic rings. The normalized spacial score (nSPS) is 14.4. The molecule has 8 heterocycles. The highest BCUT2D eigenvalue weighted by molar-refractivity contribution is 7.24. The summed E-state index contributed by atoms with van der Waals surface area (Å²) in [4.78, 5) is 65.2. The molecule has 2 aromatic carbocycles. The predicted molar refractivity (Wildman–Crippen MR) is 247 cm³/mol. The maximum atomic E-state index is 14.1. The number of nitrogens with one attached hydrogen (secondary N) is 1. The van der Waals surface area contributed by atoms with Gasteiger partial charge in [0.2, 0.25) is 10.9 Å². The van der Waals surface area contributed by atoms with Gasteiger partial charge in [0.05, 0.1) is 37.8 Å². The smallest absolute Gasteiger partial charge is 0.345 e. The Morgan fingerprint density at radius 1 is 0.746 bits per heavy atom. The van der Waals surface area contributed by atoms with Gasteiger partial charge in [-0.15, -0.1) is 22.7 Å². The zero-order valence-corrected chi connectivity index (χ0v) is 37.2. The van der Waals surface area contributed by atoms with Crippen molar-refractivity contribution in [3.63, 3.8) is 0 Å². The molecule has 2 aliphatic heterocycles. The maximum absolute atomic E-state index is 14.1. The Labute approximate surface area is 376 Å². The van der Waals surface area contributed by atoms with Gasteiger partial charge in [0, 0.05) is 26.2 Å². The van der Waals surface area contributed by atoms with E-state index in [2.05, 4.69) is 25.1 Å². The van der Waals surface area contributed by atoms with Gasteiger partial charge in [-0.2, -0.15) is 0 Å². The average molecular weight is 936 g/mol. The number of ether oxygens (including phenoxy) is 1. The Balaban J connectivity index is 0.000000149. The van der Waals surface area contributed by atoms with Crippen molar-refractivity contribution in [2.45, 2.75) is 32.6 Å². The third kappa shape index (κ3) is 8.87. The highest BCUT2D eigenvalue weighted by atomic mass is 35.5. The number of benzene rings is 2. The number of nitrogens with zero attached hydrogens (tertiary/aromatic N) is 6. The maximum Gasteiger partial charge on any atom is 0.345 e. The largest absolute Gasteiger partial charge is 0.462 e. The van der Waals surface area contributed by atoms with E-state index >= 15 is 0 Å². The van der Waals surface area contributed by atoms with Gasteiger partial charge in [-0.3, -0.25) is 23.2 Å². The van der Waals surface area contributed by atoms with E-state index in [9.17, 15) is 28.0 Å². The number of rotatable bonds is 8. The lowest BCUT2D eigenvalue weighted by Crippen LogP contribution is -2.35. The molecule has 19 heteroatoms. The summed E-state index contributed by atoms with van der Waals surface area (Å²) in [5, 5.41) is 2.23. The molecule has 6 aromatic heterocycles. The monoisotopic (exact) mass is 934 g/mol. The first-order valence-electron chi connectivity index (χ1n) is 20.5. The topological polar surface area (TPSA) is 157 Å². The molecule has 13 nitrogen and oxygen atoms in total. The Morgan fingerprint density at radius 2 is 1.21 bits per heavy atom. The first kappa shape index (κ1) is 44.5. The van der Waals surface area contributed by atoms with Gasteiger partial charge in [0.25, 0.3) is 5.91 Å². The van der Waals surface area contributed by atoms with Crippen LogP contribution in [0.4, 0.5) is 8.78 Å². The molecule has 1 amide bonds. The number of carbonyl (C=O) groups excluding carboxylic acids is 2. The molecule has 2 fully saturated rings. The number of aromatic nitrogens is 4. The van der Waals surface area contributed by atoms with Crippen molar-refractivity contribution in [1.82, 2.24) is 33.9 Å². The fourth-order valence-corrected chi connectivity index (χ4v) is 10.6. The summed E-state index contributed by atoms with van der Waals surface area (Å²) in [6, 6.07) is 17.0. The number of thiazole rings is 2. The predicted octanol–water partition coefficient (Wildman–Crippen LogP) is 7.75. The van der Waals surface area contributed by atoms with Crippen molar-refractivity contribution in [2.24, 2.45) is 5.73 Å². The van der Waals surface area contributed by atoms with E-state index in [1.165, 1.54) is 61.4 Å². The number of hydrogen-bond acceptors (Lipinski definition) is 12. The Kier molecular flexibility index (Phi) is 13.6. The number of para-hydroxylation sites is 2. The zero-order chi connectivity index (χ0) is 44.4. The summed E-state index contributed by atoms with van der Waals surface area (Å²) in [6.45, 7) is 9.48. The molecule has 0 radical (unpaired) electrons. The molecule has 3 N–H and O–H groups in total. The van der Waals surface area contributed by atoms with Crippen molar-refractivity contribution < 1.29 is 23.1 Å². The van der Waals surface area contributed by atoms with E-state index in [0.717, 1.165) is 65.3 Å². The summed E-state index contributed by atoms with van der Waals surface area (Å²) >= 11 is 14.3. The van der Waals surface area contributed by atoms with Gasteiger partial charge < -0.3 is 25.6 Å². The van der Waals surface area contributed by atoms with Crippen LogP contribution in [0.3, 0.4) is 0 Å². The van der Waals surface area contributed by atoms with Crippen molar-refractivity contribution in [3.8, 4) is 0 Å². The van der Waals surface area contributed by atoms with Crippen LogP contribution in [-0.2, 0) is 4.74 Å². The summed E-state index contributed by atoms with van der Waals surface area (Å²) in [7, 11) is 0. The number of nitrogens with two attached hydrogens (primary N) is 1. The van der Waals surface area contributed by atoms with Gasteiger partial charge >= 0.3 is 5.97 Å². The number of amides is 1. The quantitative estimate of drug-likeness (QED) is 0.114. The highest BCUT2D eigenvalue weighted by Crippen LogP contribution is 2.33. The van der Waals surface area contributed by atoms with E-state index in [1.54, 1.807) is 15.7 Å². The lowest BCUT2D eigenvalue weighted by molar-refractivity contribution is 0.0527. The minimum atomic E-state index is -0.819. The summed E-state index contributed by atoms with van der Waals surface area (Å²) < 4.78 is 38.2. The minimum Gasteiger partial charge on any atom is -0.462 e. The zero-order valence-electron chi connectivity index (χ0n) is 34.1. The lowest BCUT2D eigenvalue weighted by atomic mass is 10.1. The molecule has 2 saturated heterocycles. The number of likely N-dealkylation sites (tertiary alicyclic amines) is 2. The Bertz CT molecular complexity index is 3160. The molecular weight excluding hydrogens is 894 g/mol. The highest BCUT2D eigenvalue weighted by Gasteiger charge is 2.26. The summed E-state index contributed by atoms with van der Waals surface area (Å²) in [5.41, 5.74) is 6.06. The van der Waals surface area contributed by atoms with E-state index in [0.29, 0.717) is 16.2 Å². The van der Waals surface area contributed by atoms with Crippen LogP contribution < -0.4 is 21.9 Å². The first-order chi connectivity index (χ1) is 30.5. The molecule has 0 bridgehead atoms. The number of fused-ring (bicyclic) bond motifs is 10. The van der Waals surface area contributed by atoms with Crippen LogP contribution >= 0.6 is 45.9 Å². The van der Waals surface area contributed by atoms with Gasteiger partial charge in [0.15, 0.2) is 33.2 Å². The first-order valence-corrected chi connectivity index (χ1v) is 22.9. The lowest BCUT2D eigenvalue weighted by Gasteiger charge is -2.15. The summed E-state index contributed by atoms with van der Waals surface area (Å²) in [6.07, 6.45) is 5.09. The molecule has 63 heavy (non-hydrogen) atoms. The molecule has 328 valence electrons. The Hall–Kier alpha value is -5.14. The minimum absolute atomic E-state index is 0.00800. The molecule has 0 atom stereocenters. The molecule has 0 saturated carbocycles. The third-order valence-corrected chi connectivity index (χ3v) is 13.7. The van der Waals surface area contributed by atoms with Crippen LogP contribution in [0.5, 0.6) is 0 Å².